The van der Waals surface area contributed by atoms with Gasteiger partial charge < -0.3 is 33.0 Å². The van der Waals surface area contributed by atoms with Gasteiger partial charge in [0, 0.05) is 56.0 Å². The summed E-state index contributed by atoms with van der Waals surface area (Å²) < 4.78 is 28.5. The molecule has 2 aliphatic heterocycles. The van der Waals surface area contributed by atoms with Crippen LogP contribution in [0.25, 0.3) is 38.6 Å². The van der Waals surface area contributed by atoms with Crippen molar-refractivity contribution in [1.29, 1.82) is 0 Å². The largest absolute Gasteiger partial charge is 0.494 e. The molecule has 1 aliphatic carbocycles. The van der Waals surface area contributed by atoms with Crippen molar-refractivity contribution in [2.75, 3.05) is 9.80 Å². The molecule has 76 heavy (non-hydrogen) atoms. The first-order chi connectivity index (χ1) is 36.0. The average Bonchev–Trinajstić information content (AvgIpc) is 3.99. The number of hydrogen-bond acceptors (Lipinski definition) is 6. The van der Waals surface area contributed by atoms with E-state index in [4.69, 9.17) is 18.6 Å². The molecule has 1 aromatic heterocycles. The third-order valence-electron chi connectivity index (χ3n) is 17.6. The molecule has 0 radical (unpaired) electrons. The number of rotatable bonds is 9. The Bertz CT molecular complexity index is 3550. The fraction of sp³-hybridized carbons (Fsp3) is 0.284. The summed E-state index contributed by atoms with van der Waals surface area (Å²) in [7, 11) is -0.916. The van der Waals surface area contributed by atoms with Crippen LogP contribution in [-0.2, 0) is 24.0 Å². The van der Waals surface area contributed by atoms with Gasteiger partial charge in [0.2, 0.25) is 0 Å². The Balaban J connectivity index is 1.05. The molecular formula is C67H69B2N3O4. The van der Waals surface area contributed by atoms with Crippen LogP contribution in [0.1, 0.15) is 103 Å². The van der Waals surface area contributed by atoms with E-state index in [9.17, 15) is 0 Å². The molecule has 9 heteroatoms. The Hall–Kier alpha value is -6.87. The molecule has 2 saturated heterocycles. The van der Waals surface area contributed by atoms with Gasteiger partial charge in [-0.3, -0.25) is 0 Å². The first-order valence-corrected chi connectivity index (χ1v) is 27.0. The number of aryl methyl sites for hydroxylation is 4. The summed E-state index contributed by atoms with van der Waals surface area (Å²) >= 11 is 0. The van der Waals surface area contributed by atoms with Gasteiger partial charge in [-0.05, 0) is 212 Å². The van der Waals surface area contributed by atoms with Gasteiger partial charge in [-0.2, -0.15) is 0 Å². The topological polar surface area (TPSA) is 48.3 Å². The summed E-state index contributed by atoms with van der Waals surface area (Å²) in [6.45, 7) is 30.3. The number of anilines is 6. The van der Waals surface area contributed by atoms with Crippen LogP contribution in [0, 0.1) is 27.7 Å². The maximum atomic E-state index is 6.51. The van der Waals surface area contributed by atoms with Crippen LogP contribution in [0.2, 0.25) is 0 Å². The van der Waals surface area contributed by atoms with Crippen LogP contribution >= 0.6 is 0 Å². The molecular weight excluding hydrogens is 932 g/mol. The molecule has 0 amide bonds. The van der Waals surface area contributed by atoms with Gasteiger partial charge >= 0.3 is 14.2 Å². The first-order valence-electron chi connectivity index (χ1n) is 27.0. The number of aromatic nitrogens is 1. The number of nitrogens with zero attached hydrogens (tertiary/aromatic N) is 3. The zero-order chi connectivity index (χ0) is 53.4. The predicted octanol–water partition coefficient (Wildman–Crippen LogP) is 15.9. The Labute approximate surface area is 450 Å². The van der Waals surface area contributed by atoms with Crippen LogP contribution in [0.15, 0.2) is 164 Å². The summed E-state index contributed by atoms with van der Waals surface area (Å²) in [5.41, 5.74) is 20.0. The van der Waals surface area contributed by atoms with E-state index in [1.807, 2.05) is 0 Å². The lowest BCUT2D eigenvalue weighted by Gasteiger charge is -2.32. The van der Waals surface area contributed by atoms with Crippen molar-refractivity contribution in [2.45, 2.75) is 125 Å². The van der Waals surface area contributed by atoms with Crippen molar-refractivity contribution in [3.05, 3.63) is 197 Å². The summed E-state index contributed by atoms with van der Waals surface area (Å²) in [5, 5.41) is 2.30. The molecule has 0 bridgehead atoms. The molecule has 8 aromatic carbocycles. The highest BCUT2D eigenvalue weighted by atomic mass is 16.7. The van der Waals surface area contributed by atoms with E-state index >= 15 is 0 Å². The standard InChI is InChI=1S/C67H69B2N3O4/c1-42-19-33-59(44(3)37-42)70(48-25-21-46(22-26-48)68-73-64(7,8)65(9,10)74-68)50-30-35-61-55(39-50)56-40-51(31-36-62(56)72(61)52-29-32-54-53-17-15-16-18-57(53)63(5,6)58(54)41-52)71(60-34-20-43(2)38-45(60)4)49-27-23-47(24-28-49)69-75-66(11,12)67(13,14)76-69/h15-41H,1-14H3. The number of hydrogen-bond donors (Lipinski definition) is 0. The van der Waals surface area contributed by atoms with Gasteiger partial charge in [-0.25, -0.2) is 0 Å². The molecule has 7 nitrogen and oxygen atoms in total. The van der Waals surface area contributed by atoms with Crippen molar-refractivity contribution in [1.82, 2.24) is 4.57 Å². The highest BCUT2D eigenvalue weighted by Gasteiger charge is 2.53. The minimum Gasteiger partial charge on any atom is -0.399 e. The fourth-order valence-electron chi connectivity index (χ4n) is 11.9. The van der Waals surface area contributed by atoms with Crippen LogP contribution in [0.5, 0.6) is 0 Å². The van der Waals surface area contributed by atoms with Gasteiger partial charge in [-0.1, -0.05) is 104 Å². The maximum Gasteiger partial charge on any atom is 0.494 e. The quantitative estimate of drug-likeness (QED) is 0.134. The summed E-state index contributed by atoms with van der Waals surface area (Å²) in [6.07, 6.45) is 0. The molecule has 3 heterocycles. The van der Waals surface area contributed by atoms with Gasteiger partial charge in [0.15, 0.2) is 0 Å². The molecule has 0 unspecified atom stereocenters. The summed E-state index contributed by atoms with van der Waals surface area (Å²) in [5.74, 6) is 0. The average molecular weight is 1000 g/mol. The minimum absolute atomic E-state index is 0.157. The van der Waals surface area contributed by atoms with E-state index in [0.29, 0.717) is 0 Å². The van der Waals surface area contributed by atoms with E-state index in [-0.39, 0.29) is 5.41 Å². The molecule has 2 fully saturated rings. The lowest BCUT2D eigenvalue weighted by atomic mass is 9.79. The zero-order valence-corrected chi connectivity index (χ0v) is 46.7. The molecule has 9 aromatic rings. The second kappa shape index (κ2) is 17.6. The smallest absolute Gasteiger partial charge is 0.399 e. The monoisotopic (exact) mass is 1000 g/mol. The third kappa shape index (κ3) is 8.04. The number of fused-ring (bicyclic) bond motifs is 6. The summed E-state index contributed by atoms with van der Waals surface area (Å²) in [4.78, 5) is 4.79. The molecule has 12 rings (SSSR count). The van der Waals surface area contributed by atoms with Crippen LogP contribution in [-0.4, -0.2) is 41.2 Å². The lowest BCUT2D eigenvalue weighted by Crippen LogP contribution is -2.41. The van der Waals surface area contributed by atoms with E-state index in [1.165, 1.54) is 44.5 Å². The van der Waals surface area contributed by atoms with Crippen LogP contribution in [0.4, 0.5) is 34.1 Å². The molecule has 0 N–H and O–H groups in total. The number of benzene rings is 8. The van der Waals surface area contributed by atoms with E-state index in [1.54, 1.807) is 0 Å². The Kier molecular flexibility index (Phi) is 11.6. The van der Waals surface area contributed by atoms with Gasteiger partial charge in [-0.15, -0.1) is 0 Å². The minimum atomic E-state index is -0.458. The lowest BCUT2D eigenvalue weighted by molar-refractivity contribution is 0.00578. The van der Waals surface area contributed by atoms with Gasteiger partial charge in [0.05, 0.1) is 33.4 Å². The zero-order valence-electron chi connectivity index (χ0n) is 46.7. The van der Waals surface area contributed by atoms with Crippen molar-refractivity contribution >= 4 is 81.1 Å². The molecule has 0 atom stereocenters. The molecule has 382 valence electrons. The van der Waals surface area contributed by atoms with E-state index in [2.05, 4.69) is 275 Å². The van der Waals surface area contributed by atoms with Crippen molar-refractivity contribution in [3.8, 4) is 16.8 Å². The Morgan fingerprint density at radius 2 is 0.789 bits per heavy atom. The highest BCUT2D eigenvalue weighted by Crippen LogP contribution is 2.51. The fourth-order valence-corrected chi connectivity index (χ4v) is 11.9. The third-order valence-corrected chi connectivity index (χ3v) is 17.6. The van der Waals surface area contributed by atoms with E-state index < -0.39 is 36.6 Å². The molecule has 0 spiro atoms. The maximum absolute atomic E-state index is 6.51. The van der Waals surface area contributed by atoms with E-state index in [0.717, 1.165) is 72.5 Å². The summed E-state index contributed by atoms with van der Waals surface area (Å²) in [6, 6.07) is 60.9. The molecule has 0 saturated carbocycles. The van der Waals surface area contributed by atoms with Gasteiger partial charge in [0.25, 0.3) is 0 Å². The predicted molar refractivity (Wildman–Crippen MR) is 318 cm³/mol. The SMILES string of the molecule is Cc1ccc(N(c2ccc(B3OC(C)(C)C(C)(C)O3)cc2)c2ccc3c(c2)c2cc(N(c4ccc(B5OC(C)(C)C(C)(C)O5)cc4)c4ccc(C)cc4C)ccc2n3-c2ccc3c(c2)C(C)(C)c2ccccc2-3)c(C)c1. The normalized spacial score (nSPS) is 17.6. The van der Waals surface area contributed by atoms with Gasteiger partial charge in [0.1, 0.15) is 0 Å². The Morgan fingerprint density at radius 3 is 1.22 bits per heavy atom. The van der Waals surface area contributed by atoms with Crippen LogP contribution < -0.4 is 20.7 Å². The van der Waals surface area contributed by atoms with Crippen LogP contribution in [0.3, 0.4) is 0 Å². The molecule has 3 aliphatic rings. The Morgan fingerprint density at radius 1 is 0.382 bits per heavy atom. The van der Waals surface area contributed by atoms with Crippen molar-refractivity contribution < 1.29 is 18.6 Å². The van der Waals surface area contributed by atoms with Crippen molar-refractivity contribution in [2.24, 2.45) is 0 Å². The van der Waals surface area contributed by atoms with Crippen molar-refractivity contribution in [3.63, 3.8) is 0 Å². The first kappa shape index (κ1) is 50.0. The second-order valence-electron chi connectivity index (χ2n) is 24.2. The highest BCUT2D eigenvalue weighted by molar-refractivity contribution is 6.62. The second-order valence-corrected chi connectivity index (χ2v) is 24.2.